The minimum Gasteiger partial charge on any atom is -0.497 e. The number of likely N-dealkylation sites (tertiary alicyclic amines) is 1. The van der Waals surface area contributed by atoms with E-state index in [-0.39, 0.29) is 30.5 Å². The van der Waals surface area contributed by atoms with Crippen molar-refractivity contribution in [2.45, 2.75) is 58.0 Å². The van der Waals surface area contributed by atoms with Gasteiger partial charge in [0.1, 0.15) is 11.5 Å². The summed E-state index contributed by atoms with van der Waals surface area (Å²) in [6.07, 6.45) is 4.99. The molecule has 2 aromatic rings. The summed E-state index contributed by atoms with van der Waals surface area (Å²) < 4.78 is 10.8. The third-order valence-electron chi connectivity index (χ3n) is 6.05. The Morgan fingerprint density at radius 1 is 0.969 bits per heavy atom. The number of rotatable bonds is 9. The van der Waals surface area contributed by atoms with Crippen LogP contribution in [0.15, 0.2) is 48.5 Å². The van der Waals surface area contributed by atoms with Crippen LogP contribution in [0, 0.1) is 0 Å². The molecule has 0 aromatic heterocycles. The minimum atomic E-state index is -0.113. The maximum Gasteiger partial charge on any atom is 0.260 e. The second-order valence-corrected chi connectivity index (χ2v) is 8.45. The Morgan fingerprint density at radius 3 is 2.22 bits per heavy atom. The first-order valence-corrected chi connectivity index (χ1v) is 11.4. The molecule has 6 nitrogen and oxygen atoms in total. The van der Waals surface area contributed by atoms with Crippen LogP contribution in [0.4, 0.5) is 0 Å². The van der Waals surface area contributed by atoms with E-state index >= 15 is 0 Å². The molecule has 3 rings (SSSR count). The van der Waals surface area contributed by atoms with Crippen molar-refractivity contribution < 1.29 is 19.1 Å². The molecule has 0 saturated carbocycles. The molecule has 2 unspecified atom stereocenters. The zero-order valence-electron chi connectivity index (χ0n) is 19.3. The number of carbonyl (C=O) groups excluding carboxylic acids is 2. The summed E-state index contributed by atoms with van der Waals surface area (Å²) >= 11 is 0. The fourth-order valence-corrected chi connectivity index (χ4v) is 4.22. The molecule has 0 spiro atoms. The van der Waals surface area contributed by atoms with E-state index in [1.165, 1.54) is 5.56 Å². The van der Waals surface area contributed by atoms with E-state index in [0.29, 0.717) is 17.9 Å². The van der Waals surface area contributed by atoms with Crippen LogP contribution >= 0.6 is 0 Å². The number of amides is 2. The predicted molar refractivity (Wildman–Crippen MR) is 125 cm³/mol. The highest BCUT2D eigenvalue weighted by molar-refractivity contribution is 5.94. The fourth-order valence-electron chi connectivity index (χ4n) is 4.22. The summed E-state index contributed by atoms with van der Waals surface area (Å²) in [6.45, 7) is 4.81. The Morgan fingerprint density at radius 2 is 1.59 bits per heavy atom. The average Bonchev–Trinajstić information content (AvgIpc) is 2.81. The van der Waals surface area contributed by atoms with E-state index in [1.54, 1.807) is 31.4 Å². The van der Waals surface area contributed by atoms with Crippen LogP contribution in [0.1, 0.15) is 55.5 Å². The molecule has 6 heteroatoms. The van der Waals surface area contributed by atoms with Crippen molar-refractivity contribution in [1.29, 1.82) is 0 Å². The van der Waals surface area contributed by atoms with Crippen molar-refractivity contribution in [2.75, 3.05) is 20.3 Å². The van der Waals surface area contributed by atoms with Gasteiger partial charge in [0.2, 0.25) is 0 Å². The van der Waals surface area contributed by atoms with Gasteiger partial charge < -0.3 is 19.7 Å². The standard InChI is InChI=1S/C26H34N2O4/c1-19-6-4-7-20(2)28(19)25(29)18-32-24-15-11-22(12-16-24)26(30)27-17-5-8-21-9-13-23(31-3)14-10-21/h9-16,19-20H,4-8,17-18H2,1-3H3,(H,27,30). The summed E-state index contributed by atoms with van der Waals surface area (Å²) in [5.74, 6) is 1.34. The molecule has 1 fully saturated rings. The second kappa shape index (κ2) is 11.6. The third-order valence-corrected chi connectivity index (χ3v) is 6.05. The Bertz CT molecular complexity index is 870. The van der Waals surface area contributed by atoms with Crippen molar-refractivity contribution in [1.82, 2.24) is 10.2 Å². The van der Waals surface area contributed by atoms with Crippen molar-refractivity contribution in [3.8, 4) is 11.5 Å². The van der Waals surface area contributed by atoms with Crippen molar-refractivity contribution >= 4 is 11.8 Å². The molecule has 1 heterocycles. The lowest BCUT2D eigenvalue weighted by Crippen LogP contribution is -2.49. The highest BCUT2D eigenvalue weighted by atomic mass is 16.5. The van der Waals surface area contributed by atoms with Gasteiger partial charge >= 0.3 is 0 Å². The summed E-state index contributed by atoms with van der Waals surface area (Å²) in [7, 11) is 1.65. The molecule has 1 aliphatic rings. The van der Waals surface area contributed by atoms with E-state index in [2.05, 4.69) is 19.2 Å². The summed E-state index contributed by atoms with van der Waals surface area (Å²) in [5.41, 5.74) is 1.79. The average molecular weight is 439 g/mol. The molecule has 1 aliphatic heterocycles. The quantitative estimate of drug-likeness (QED) is 0.595. The number of aryl methyl sites for hydroxylation is 1. The Balaban J connectivity index is 1.40. The monoisotopic (exact) mass is 438 g/mol. The maximum atomic E-state index is 12.6. The molecular weight excluding hydrogens is 404 g/mol. The molecule has 0 aliphatic carbocycles. The number of nitrogens with one attached hydrogen (secondary N) is 1. The topological polar surface area (TPSA) is 67.9 Å². The number of methoxy groups -OCH3 is 1. The molecule has 1 saturated heterocycles. The van der Waals surface area contributed by atoms with Gasteiger partial charge in [0.25, 0.3) is 11.8 Å². The molecule has 32 heavy (non-hydrogen) atoms. The first kappa shape index (κ1) is 23.6. The predicted octanol–water partition coefficient (Wildman–Crippen LogP) is 4.23. The number of hydrogen-bond donors (Lipinski definition) is 1. The lowest BCUT2D eigenvalue weighted by Gasteiger charge is -2.38. The van der Waals surface area contributed by atoms with E-state index in [0.717, 1.165) is 37.9 Å². The highest BCUT2D eigenvalue weighted by Gasteiger charge is 2.28. The molecule has 2 amide bonds. The van der Waals surface area contributed by atoms with Crippen LogP contribution in [0.2, 0.25) is 0 Å². The molecule has 2 aromatic carbocycles. The van der Waals surface area contributed by atoms with Gasteiger partial charge in [0.05, 0.1) is 7.11 Å². The number of benzene rings is 2. The number of nitrogens with zero attached hydrogens (tertiary/aromatic N) is 1. The summed E-state index contributed by atoms with van der Waals surface area (Å²) in [6, 6.07) is 15.4. The van der Waals surface area contributed by atoms with Gasteiger partial charge in [0.15, 0.2) is 6.61 Å². The largest absolute Gasteiger partial charge is 0.497 e. The molecule has 2 atom stereocenters. The van der Waals surface area contributed by atoms with Gasteiger partial charge in [-0.3, -0.25) is 9.59 Å². The molecule has 172 valence electrons. The van der Waals surface area contributed by atoms with Crippen LogP contribution in [0.5, 0.6) is 11.5 Å². The smallest absolute Gasteiger partial charge is 0.260 e. The lowest BCUT2D eigenvalue weighted by atomic mass is 9.97. The zero-order chi connectivity index (χ0) is 22.9. The first-order chi connectivity index (χ1) is 15.5. The van der Waals surface area contributed by atoms with Crippen LogP contribution in [0.3, 0.4) is 0 Å². The van der Waals surface area contributed by atoms with Crippen LogP contribution in [-0.2, 0) is 11.2 Å². The summed E-state index contributed by atoms with van der Waals surface area (Å²) in [5, 5.41) is 2.95. The first-order valence-electron chi connectivity index (χ1n) is 11.4. The highest BCUT2D eigenvalue weighted by Crippen LogP contribution is 2.23. The normalized spacial score (nSPS) is 18.2. The van der Waals surface area contributed by atoms with Gasteiger partial charge in [-0.25, -0.2) is 0 Å². The van der Waals surface area contributed by atoms with Crippen molar-refractivity contribution in [3.05, 3.63) is 59.7 Å². The van der Waals surface area contributed by atoms with E-state index in [9.17, 15) is 9.59 Å². The van der Waals surface area contributed by atoms with Gasteiger partial charge in [-0.2, -0.15) is 0 Å². The Labute approximate surface area is 190 Å². The molecule has 1 N–H and O–H groups in total. The molecule has 0 radical (unpaired) electrons. The number of ether oxygens (including phenoxy) is 2. The maximum absolute atomic E-state index is 12.6. The number of hydrogen-bond acceptors (Lipinski definition) is 4. The van der Waals surface area contributed by atoms with Gasteiger partial charge in [0, 0.05) is 24.2 Å². The zero-order valence-corrected chi connectivity index (χ0v) is 19.3. The van der Waals surface area contributed by atoms with Gasteiger partial charge in [-0.05, 0) is 87.9 Å². The van der Waals surface area contributed by atoms with E-state index in [4.69, 9.17) is 9.47 Å². The lowest BCUT2D eigenvalue weighted by molar-refractivity contribution is -0.139. The molecule has 0 bridgehead atoms. The number of piperidine rings is 1. The van der Waals surface area contributed by atoms with Gasteiger partial charge in [-0.15, -0.1) is 0 Å². The van der Waals surface area contributed by atoms with Crippen LogP contribution < -0.4 is 14.8 Å². The van der Waals surface area contributed by atoms with Crippen LogP contribution in [-0.4, -0.2) is 49.1 Å². The number of carbonyl (C=O) groups is 2. The van der Waals surface area contributed by atoms with E-state index < -0.39 is 0 Å². The van der Waals surface area contributed by atoms with Crippen LogP contribution in [0.25, 0.3) is 0 Å². The Hall–Kier alpha value is -3.02. The third kappa shape index (κ3) is 6.49. The summed E-state index contributed by atoms with van der Waals surface area (Å²) in [4.78, 5) is 26.9. The fraction of sp³-hybridized carbons (Fsp3) is 0.462. The van der Waals surface area contributed by atoms with Gasteiger partial charge in [-0.1, -0.05) is 12.1 Å². The SMILES string of the molecule is COc1ccc(CCCNC(=O)c2ccc(OCC(=O)N3C(C)CCCC3C)cc2)cc1. The molecular formula is C26H34N2O4. The Kier molecular flexibility index (Phi) is 8.54. The second-order valence-electron chi connectivity index (χ2n) is 8.45. The van der Waals surface area contributed by atoms with E-state index in [1.807, 2.05) is 29.2 Å². The minimum absolute atomic E-state index is 0.0170. The van der Waals surface area contributed by atoms with Crippen molar-refractivity contribution in [3.63, 3.8) is 0 Å². The van der Waals surface area contributed by atoms with Crippen molar-refractivity contribution in [2.24, 2.45) is 0 Å².